The number of aromatic nitrogens is 5. The molecule has 148 valence electrons. The van der Waals surface area contributed by atoms with Crippen molar-refractivity contribution in [3.05, 3.63) is 47.7 Å². The number of nitrogens with zero attached hydrogens (tertiary/aromatic N) is 5. The van der Waals surface area contributed by atoms with Crippen molar-refractivity contribution in [2.45, 2.75) is 59.0 Å². The van der Waals surface area contributed by atoms with Gasteiger partial charge in [0.15, 0.2) is 0 Å². The van der Waals surface area contributed by atoms with Crippen LogP contribution in [0.15, 0.2) is 35.1 Å². The van der Waals surface area contributed by atoms with Gasteiger partial charge in [-0.05, 0) is 46.8 Å². The summed E-state index contributed by atoms with van der Waals surface area (Å²) in [5, 5.41) is 11.5. The van der Waals surface area contributed by atoms with Gasteiger partial charge < -0.3 is 9.84 Å². The van der Waals surface area contributed by atoms with E-state index in [0.717, 1.165) is 11.3 Å². The van der Waals surface area contributed by atoms with Crippen LogP contribution >= 0.6 is 0 Å². The van der Waals surface area contributed by atoms with Gasteiger partial charge in [0.25, 0.3) is 0 Å². The van der Waals surface area contributed by atoms with Gasteiger partial charge in [-0.25, -0.2) is 0 Å². The van der Waals surface area contributed by atoms with Crippen molar-refractivity contribution in [1.29, 1.82) is 0 Å². The highest BCUT2D eigenvalue weighted by atomic mass is 16.5. The molecule has 1 amide bonds. The van der Waals surface area contributed by atoms with Crippen LogP contribution in [0.3, 0.4) is 0 Å². The molecule has 0 saturated carbocycles. The average molecular weight is 382 g/mol. The van der Waals surface area contributed by atoms with E-state index < -0.39 is 0 Å². The number of aryl methyl sites for hydroxylation is 2. The minimum Gasteiger partial charge on any atom is -0.349 e. The summed E-state index contributed by atoms with van der Waals surface area (Å²) in [6.07, 6.45) is 4.31. The summed E-state index contributed by atoms with van der Waals surface area (Å²) < 4.78 is 7.15. The van der Waals surface area contributed by atoms with Gasteiger partial charge in [-0.2, -0.15) is 10.1 Å². The zero-order valence-corrected chi connectivity index (χ0v) is 16.9. The average Bonchev–Trinajstić information content (AvgIpc) is 3.27. The Kier molecular flexibility index (Phi) is 5.58. The first-order valence-electron chi connectivity index (χ1n) is 9.34. The van der Waals surface area contributed by atoms with Crippen molar-refractivity contribution in [1.82, 2.24) is 30.2 Å². The van der Waals surface area contributed by atoms with Crippen LogP contribution in [-0.2, 0) is 16.8 Å². The first kappa shape index (κ1) is 19.7. The molecule has 8 nitrogen and oxygen atoms in total. The van der Waals surface area contributed by atoms with Crippen molar-refractivity contribution in [3.8, 4) is 11.5 Å². The highest BCUT2D eigenvalue weighted by Gasteiger charge is 2.20. The largest absolute Gasteiger partial charge is 0.349 e. The Balaban J connectivity index is 1.56. The van der Waals surface area contributed by atoms with Gasteiger partial charge in [-0.3, -0.25) is 14.5 Å². The Morgan fingerprint density at radius 2 is 2.11 bits per heavy atom. The zero-order chi connectivity index (χ0) is 20.3. The second-order valence-electron chi connectivity index (χ2n) is 7.80. The lowest BCUT2D eigenvalue weighted by atomic mass is 10.1. The molecular formula is C20H26N6O2. The standard InChI is InChI=1S/C20H26N6O2/c1-13(15-12-26(20(3,4)5)24-14(15)2)22-17(27)9-10-18-23-19(25-28-18)16-8-6-7-11-21-16/h6-8,11-13H,9-10H2,1-5H3,(H,22,27). The lowest BCUT2D eigenvalue weighted by Crippen LogP contribution is -2.27. The van der Waals surface area contributed by atoms with Gasteiger partial charge in [-0.15, -0.1) is 0 Å². The Labute approximate surface area is 164 Å². The molecule has 1 atom stereocenters. The molecule has 1 N–H and O–H groups in total. The van der Waals surface area contributed by atoms with Crippen molar-refractivity contribution in [2.24, 2.45) is 0 Å². The SMILES string of the molecule is Cc1nn(C(C)(C)C)cc1C(C)NC(=O)CCc1nc(-c2ccccn2)no1. The van der Waals surface area contributed by atoms with Crippen molar-refractivity contribution < 1.29 is 9.32 Å². The van der Waals surface area contributed by atoms with Gasteiger partial charge >= 0.3 is 0 Å². The minimum absolute atomic E-state index is 0.0759. The van der Waals surface area contributed by atoms with Gasteiger partial charge in [0.05, 0.1) is 17.3 Å². The van der Waals surface area contributed by atoms with Crippen LogP contribution in [0.2, 0.25) is 0 Å². The van der Waals surface area contributed by atoms with Gasteiger partial charge in [0.2, 0.25) is 17.6 Å². The maximum absolute atomic E-state index is 12.4. The minimum atomic E-state index is -0.129. The molecule has 0 radical (unpaired) electrons. The fourth-order valence-corrected chi connectivity index (χ4v) is 2.81. The van der Waals surface area contributed by atoms with Crippen LogP contribution in [0.1, 0.15) is 57.3 Å². The number of carbonyl (C=O) groups is 1. The molecule has 3 heterocycles. The van der Waals surface area contributed by atoms with E-state index in [-0.39, 0.29) is 23.9 Å². The molecule has 1 unspecified atom stereocenters. The van der Waals surface area contributed by atoms with Crippen LogP contribution in [-0.4, -0.2) is 30.8 Å². The summed E-state index contributed by atoms with van der Waals surface area (Å²) in [5.41, 5.74) is 2.47. The summed E-state index contributed by atoms with van der Waals surface area (Å²) in [4.78, 5) is 20.8. The Morgan fingerprint density at radius 1 is 1.32 bits per heavy atom. The van der Waals surface area contributed by atoms with E-state index in [9.17, 15) is 4.79 Å². The number of nitrogens with one attached hydrogen (secondary N) is 1. The topological polar surface area (TPSA) is 98.7 Å². The molecule has 0 spiro atoms. The molecule has 0 aliphatic heterocycles. The maximum atomic E-state index is 12.4. The third kappa shape index (κ3) is 4.62. The van der Waals surface area contributed by atoms with Crippen molar-refractivity contribution in [2.75, 3.05) is 0 Å². The van der Waals surface area contributed by atoms with E-state index in [1.807, 2.05) is 42.9 Å². The maximum Gasteiger partial charge on any atom is 0.227 e. The fourth-order valence-electron chi connectivity index (χ4n) is 2.81. The van der Waals surface area contributed by atoms with E-state index in [1.54, 1.807) is 6.20 Å². The lowest BCUT2D eigenvalue weighted by Gasteiger charge is -2.19. The fraction of sp³-hybridized carbons (Fsp3) is 0.450. The molecule has 0 aliphatic carbocycles. The quantitative estimate of drug-likeness (QED) is 0.703. The predicted molar refractivity (Wildman–Crippen MR) is 104 cm³/mol. The molecule has 28 heavy (non-hydrogen) atoms. The number of hydrogen-bond acceptors (Lipinski definition) is 6. The van der Waals surface area contributed by atoms with Crippen LogP contribution in [0.5, 0.6) is 0 Å². The molecule has 3 aromatic rings. The third-order valence-corrected chi connectivity index (χ3v) is 4.40. The highest BCUT2D eigenvalue weighted by Crippen LogP contribution is 2.21. The molecular weight excluding hydrogens is 356 g/mol. The summed E-state index contributed by atoms with van der Waals surface area (Å²) in [6.45, 7) is 10.2. The van der Waals surface area contributed by atoms with E-state index >= 15 is 0 Å². The highest BCUT2D eigenvalue weighted by molar-refractivity contribution is 5.76. The van der Waals surface area contributed by atoms with E-state index in [2.05, 4.69) is 46.3 Å². The van der Waals surface area contributed by atoms with Crippen molar-refractivity contribution in [3.63, 3.8) is 0 Å². The molecule has 8 heteroatoms. The summed E-state index contributed by atoms with van der Waals surface area (Å²) in [5.74, 6) is 0.766. The summed E-state index contributed by atoms with van der Waals surface area (Å²) >= 11 is 0. The van der Waals surface area contributed by atoms with Gasteiger partial charge in [-0.1, -0.05) is 11.2 Å². The number of hydrogen-bond donors (Lipinski definition) is 1. The van der Waals surface area contributed by atoms with E-state index in [4.69, 9.17) is 4.52 Å². The molecule has 3 rings (SSSR count). The monoisotopic (exact) mass is 382 g/mol. The van der Waals surface area contributed by atoms with E-state index in [1.165, 1.54) is 0 Å². The van der Waals surface area contributed by atoms with Crippen molar-refractivity contribution >= 4 is 5.91 Å². The summed E-state index contributed by atoms with van der Waals surface area (Å²) in [7, 11) is 0. The second kappa shape index (κ2) is 7.92. The van der Waals surface area contributed by atoms with Crippen LogP contribution in [0, 0.1) is 6.92 Å². The molecule has 0 aliphatic rings. The van der Waals surface area contributed by atoms with Crippen LogP contribution in [0.4, 0.5) is 0 Å². The Morgan fingerprint density at radius 3 is 2.75 bits per heavy atom. The number of pyridine rings is 1. The zero-order valence-electron chi connectivity index (χ0n) is 16.9. The number of amides is 1. The molecule has 0 saturated heterocycles. The predicted octanol–water partition coefficient (Wildman–Crippen LogP) is 3.20. The third-order valence-electron chi connectivity index (χ3n) is 4.40. The Hall–Kier alpha value is -3.03. The van der Waals surface area contributed by atoms with Crippen LogP contribution < -0.4 is 5.32 Å². The molecule has 0 bridgehead atoms. The first-order chi connectivity index (χ1) is 13.2. The number of carbonyl (C=O) groups excluding carboxylic acids is 1. The lowest BCUT2D eigenvalue weighted by molar-refractivity contribution is -0.121. The first-order valence-corrected chi connectivity index (χ1v) is 9.34. The van der Waals surface area contributed by atoms with Gasteiger partial charge in [0, 0.05) is 30.8 Å². The number of rotatable bonds is 6. The normalized spacial score (nSPS) is 12.8. The smallest absolute Gasteiger partial charge is 0.227 e. The Bertz CT molecular complexity index is 939. The van der Waals surface area contributed by atoms with Gasteiger partial charge in [0.1, 0.15) is 5.69 Å². The molecule has 0 aromatic carbocycles. The van der Waals surface area contributed by atoms with E-state index in [0.29, 0.717) is 23.8 Å². The molecule has 0 fully saturated rings. The molecule has 3 aromatic heterocycles. The second-order valence-corrected chi connectivity index (χ2v) is 7.80. The summed E-state index contributed by atoms with van der Waals surface area (Å²) in [6, 6.07) is 5.36. The van der Waals surface area contributed by atoms with Crippen LogP contribution in [0.25, 0.3) is 11.5 Å².